The zero-order chi connectivity index (χ0) is 22.7. The Labute approximate surface area is 189 Å². The molecule has 1 aliphatic carbocycles. The maximum atomic E-state index is 12.8. The molecular weight excluding hydrogens is 410 g/mol. The predicted molar refractivity (Wildman–Crippen MR) is 119 cm³/mol. The van der Waals surface area contributed by atoms with Crippen molar-refractivity contribution in [2.45, 2.75) is 70.9 Å². The Hall–Kier alpha value is -2.77. The highest BCUT2D eigenvalue weighted by molar-refractivity contribution is 6.07. The highest BCUT2D eigenvalue weighted by Gasteiger charge is 2.52. The summed E-state index contributed by atoms with van der Waals surface area (Å²) in [5.74, 6) is 1.39. The number of urea groups is 1. The van der Waals surface area contributed by atoms with Crippen molar-refractivity contribution in [3.05, 3.63) is 23.3 Å². The van der Waals surface area contributed by atoms with Crippen molar-refractivity contribution in [3.8, 4) is 11.5 Å². The zero-order valence-corrected chi connectivity index (χ0v) is 19.1. The van der Waals surface area contributed by atoms with E-state index in [9.17, 15) is 14.4 Å². The summed E-state index contributed by atoms with van der Waals surface area (Å²) in [6.45, 7) is 6.47. The van der Waals surface area contributed by atoms with E-state index >= 15 is 0 Å². The second kappa shape index (κ2) is 9.38. The van der Waals surface area contributed by atoms with Crippen LogP contribution in [0.2, 0.25) is 0 Å². The van der Waals surface area contributed by atoms with E-state index in [0.717, 1.165) is 43.4 Å². The first-order chi connectivity index (χ1) is 15.5. The molecule has 1 aromatic carbocycles. The lowest BCUT2D eigenvalue weighted by Crippen LogP contribution is -2.44. The highest BCUT2D eigenvalue weighted by Crippen LogP contribution is 2.36. The van der Waals surface area contributed by atoms with Gasteiger partial charge in [0.1, 0.15) is 5.54 Å². The lowest BCUT2D eigenvalue weighted by atomic mass is 9.98. The third kappa shape index (κ3) is 4.27. The van der Waals surface area contributed by atoms with Crippen LogP contribution in [0.5, 0.6) is 11.5 Å². The van der Waals surface area contributed by atoms with E-state index in [1.165, 1.54) is 10.5 Å². The van der Waals surface area contributed by atoms with Gasteiger partial charge in [0.2, 0.25) is 5.91 Å². The molecule has 1 N–H and O–H groups in total. The van der Waals surface area contributed by atoms with Gasteiger partial charge in [0, 0.05) is 26.1 Å². The van der Waals surface area contributed by atoms with Crippen molar-refractivity contribution in [2.75, 3.05) is 26.3 Å². The van der Waals surface area contributed by atoms with Crippen molar-refractivity contribution in [1.82, 2.24) is 15.1 Å². The Morgan fingerprint density at radius 3 is 2.38 bits per heavy atom. The largest absolute Gasteiger partial charge is 0.490 e. The summed E-state index contributed by atoms with van der Waals surface area (Å²) >= 11 is 0. The van der Waals surface area contributed by atoms with E-state index in [2.05, 4.69) is 5.32 Å². The molecule has 1 saturated carbocycles. The Morgan fingerprint density at radius 2 is 1.72 bits per heavy atom. The second-order valence-electron chi connectivity index (χ2n) is 8.78. The van der Waals surface area contributed by atoms with Crippen LogP contribution in [0, 0.1) is 0 Å². The van der Waals surface area contributed by atoms with Crippen molar-refractivity contribution >= 4 is 17.8 Å². The van der Waals surface area contributed by atoms with Crippen LogP contribution < -0.4 is 14.8 Å². The fraction of sp³-hybridized carbons (Fsp3) is 0.625. The molecule has 1 aromatic rings. The van der Waals surface area contributed by atoms with Crippen LogP contribution in [0.15, 0.2) is 12.1 Å². The van der Waals surface area contributed by atoms with Gasteiger partial charge in [0.15, 0.2) is 11.5 Å². The van der Waals surface area contributed by atoms with Crippen molar-refractivity contribution in [2.24, 2.45) is 0 Å². The summed E-state index contributed by atoms with van der Waals surface area (Å²) in [7, 11) is 0. The molecule has 2 aliphatic heterocycles. The number of carbonyl (C=O) groups excluding carboxylic acids is 3. The van der Waals surface area contributed by atoms with Crippen molar-refractivity contribution in [3.63, 3.8) is 0 Å². The van der Waals surface area contributed by atoms with Gasteiger partial charge in [-0.25, -0.2) is 4.79 Å². The molecule has 2 heterocycles. The summed E-state index contributed by atoms with van der Waals surface area (Å²) in [5.41, 5.74) is 1.58. The Balaban J connectivity index is 1.33. The Bertz CT molecular complexity index is 894. The topological polar surface area (TPSA) is 88.2 Å². The number of carbonyl (C=O) groups is 3. The molecule has 0 aromatic heterocycles. The third-order valence-corrected chi connectivity index (χ3v) is 6.71. The number of ether oxygens (including phenoxy) is 2. The van der Waals surface area contributed by atoms with Gasteiger partial charge in [-0.2, -0.15) is 0 Å². The summed E-state index contributed by atoms with van der Waals surface area (Å²) in [5, 5.41) is 2.89. The molecule has 0 bridgehead atoms. The number of nitrogens with one attached hydrogen (secondary N) is 1. The lowest BCUT2D eigenvalue weighted by Gasteiger charge is -2.30. The Morgan fingerprint density at radius 1 is 1.06 bits per heavy atom. The van der Waals surface area contributed by atoms with Crippen LogP contribution in [0.4, 0.5) is 4.79 Å². The first-order valence-corrected chi connectivity index (χ1v) is 11.8. The summed E-state index contributed by atoms with van der Waals surface area (Å²) in [4.78, 5) is 41.0. The highest BCUT2D eigenvalue weighted by atomic mass is 16.5. The van der Waals surface area contributed by atoms with E-state index in [4.69, 9.17) is 9.47 Å². The molecular formula is C24H33N3O5. The van der Waals surface area contributed by atoms with Gasteiger partial charge >= 0.3 is 6.03 Å². The normalized spacial score (nSPS) is 19.3. The molecule has 1 saturated heterocycles. The minimum atomic E-state index is -0.684. The number of imide groups is 1. The lowest BCUT2D eigenvalue weighted by molar-refractivity contribution is -0.134. The number of benzene rings is 1. The molecule has 8 heteroatoms. The predicted octanol–water partition coefficient (Wildman–Crippen LogP) is 3.01. The van der Waals surface area contributed by atoms with Gasteiger partial charge in [0.25, 0.3) is 5.91 Å². The Kier molecular flexibility index (Phi) is 6.58. The molecule has 32 heavy (non-hydrogen) atoms. The zero-order valence-electron chi connectivity index (χ0n) is 19.1. The molecule has 1 spiro atoms. The molecule has 4 amide bonds. The maximum Gasteiger partial charge on any atom is 0.325 e. The fourth-order valence-electron chi connectivity index (χ4n) is 5.06. The van der Waals surface area contributed by atoms with E-state index in [1.54, 1.807) is 0 Å². The minimum Gasteiger partial charge on any atom is -0.490 e. The molecule has 2 fully saturated rings. The first kappa shape index (κ1) is 22.4. The minimum absolute atomic E-state index is 0.0464. The molecule has 0 radical (unpaired) electrons. The number of hydrogen-bond donors (Lipinski definition) is 1. The summed E-state index contributed by atoms with van der Waals surface area (Å²) in [6.07, 6.45) is 4.92. The van der Waals surface area contributed by atoms with Crippen LogP contribution in [0.1, 0.15) is 63.5 Å². The number of fused-ring (bicyclic) bond motifs is 1. The smallest absolute Gasteiger partial charge is 0.325 e. The van der Waals surface area contributed by atoms with Crippen LogP contribution in [0.25, 0.3) is 0 Å². The van der Waals surface area contributed by atoms with E-state index < -0.39 is 5.54 Å². The standard InChI is InChI=1S/C24H33N3O5/c1-3-31-19-14-17-9-13-26(16-18(17)15-20(19)32-4-2)21(28)8-7-12-27-22(29)24(25-23(27)30)10-5-6-11-24/h14-15H,3-13,16H2,1-2H3,(H,25,30). The average molecular weight is 444 g/mol. The van der Waals surface area contributed by atoms with Gasteiger partial charge in [-0.1, -0.05) is 12.8 Å². The number of nitrogens with zero attached hydrogens (tertiary/aromatic N) is 2. The monoisotopic (exact) mass is 443 g/mol. The molecule has 174 valence electrons. The molecule has 8 nitrogen and oxygen atoms in total. The van der Waals surface area contributed by atoms with Gasteiger partial charge < -0.3 is 19.7 Å². The summed E-state index contributed by atoms with van der Waals surface area (Å²) in [6, 6.07) is 3.70. The van der Waals surface area contributed by atoms with E-state index in [-0.39, 0.29) is 24.4 Å². The van der Waals surface area contributed by atoms with Crippen molar-refractivity contribution < 1.29 is 23.9 Å². The summed E-state index contributed by atoms with van der Waals surface area (Å²) < 4.78 is 11.4. The third-order valence-electron chi connectivity index (χ3n) is 6.71. The van der Waals surface area contributed by atoms with Crippen LogP contribution in [-0.4, -0.2) is 59.5 Å². The van der Waals surface area contributed by atoms with Gasteiger partial charge in [-0.05, 0) is 62.8 Å². The molecule has 0 atom stereocenters. The fourth-order valence-corrected chi connectivity index (χ4v) is 5.06. The maximum absolute atomic E-state index is 12.8. The van der Waals surface area contributed by atoms with Crippen LogP contribution >= 0.6 is 0 Å². The first-order valence-electron chi connectivity index (χ1n) is 11.8. The molecule has 4 rings (SSSR count). The quantitative estimate of drug-likeness (QED) is 0.624. The van der Waals surface area contributed by atoms with Gasteiger partial charge in [0.05, 0.1) is 13.2 Å². The number of rotatable bonds is 8. The van der Waals surface area contributed by atoms with Crippen molar-refractivity contribution in [1.29, 1.82) is 0 Å². The van der Waals surface area contributed by atoms with E-state index in [0.29, 0.717) is 44.9 Å². The second-order valence-corrected chi connectivity index (χ2v) is 8.78. The SMILES string of the molecule is CCOc1cc2c(cc1OCC)CN(C(=O)CCCN1C(=O)NC3(CCCC3)C1=O)CC2. The van der Waals surface area contributed by atoms with Crippen LogP contribution in [-0.2, 0) is 22.6 Å². The average Bonchev–Trinajstić information content (AvgIpc) is 3.34. The van der Waals surface area contributed by atoms with Crippen LogP contribution in [0.3, 0.4) is 0 Å². The van der Waals surface area contributed by atoms with E-state index in [1.807, 2.05) is 30.9 Å². The van der Waals surface area contributed by atoms with Gasteiger partial charge in [-0.3, -0.25) is 14.5 Å². The van der Waals surface area contributed by atoms with Gasteiger partial charge in [-0.15, -0.1) is 0 Å². The number of amides is 4. The molecule has 0 unspecified atom stereocenters. The number of hydrogen-bond acceptors (Lipinski definition) is 5. The molecule has 3 aliphatic rings.